The minimum Gasteiger partial charge on any atom is -0.366 e. The Balaban J connectivity index is 1.91. The molecule has 0 saturated heterocycles. The van der Waals surface area contributed by atoms with Gasteiger partial charge in [0.15, 0.2) is 23.6 Å². The normalized spacial score (nSPS) is 12.3. The number of hydrogen-bond donors (Lipinski definition) is 1. The number of fused-ring (bicyclic) bond motifs is 1. The zero-order valence-corrected chi connectivity index (χ0v) is 20.6. The molecule has 1 N–H and O–H groups in total. The van der Waals surface area contributed by atoms with Crippen molar-refractivity contribution in [3.8, 4) is 11.4 Å². The zero-order valence-electron chi connectivity index (χ0n) is 19.7. The van der Waals surface area contributed by atoms with Gasteiger partial charge in [-0.05, 0) is 49.9 Å². The van der Waals surface area contributed by atoms with E-state index in [1.54, 1.807) is 12.1 Å². The molecule has 6 nitrogen and oxygen atoms in total. The molecule has 2 aromatic heterocycles. The van der Waals surface area contributed by atoms with Gasteiger partial charge in [-0.15, -0.1) is 0 Å². The highest BCUT2D eigenvalue weighted by Gasteiger charge is 2.21. The molecular weight excluding hydrogens is 449 g/mol. The zero-order chi connectivity index (χ0) is 24.2. The number of aryl methyl sites for hydroxylation is 1. The summed E-state index contributed by atoms with van der Waals surface area (Å²) in [6.45, 7) is 8.97. The predicted molar refractivity (Wildman–Crippen MR) is 136 cm³/mol. The van der Waals surface area contributed by atoms with Crippen LogP contribution in [0.15, 0.2) is 53.4 Å². The van der Waals surface area contributed by atoms with Crippen LogP contribution in [-0.2, 0) is 6.54 Å². The summed E-state index contributed by atoms with van der Waals surface area (Å²) in [7, 11) is 0. The summed E-state index contributed by atoms with van der Waals surface area (Å²) in [6, 6.07) is 15.6. The molecule has 0 saturated carbocycles. The second-order valence-corrected chi connectivity index (χ2v) is 9.63. The van der Waals surface area contributed by atoms with Crippen molar-refractivity contribution in [2.45, 2.75) is 51.6 Å². The van der Waals surface area contributed by atoms with Gasteiger partial charge in [-0.2, -0.15) is 3.89 Å². The van der Waals surface area contributed by atoms with Crippen molar-refractivity contribution in [1.29, 1.82) is 0 Å². The first-order chi connectivity index (χ1) is 16.4. The van der Waals surface area contributed by atoms with Gasteiger partial charge in [0.2, 0.25) is 0 Å². The number of anilines is 1. The van der Waals surface area contributed by atoms with Crippen molar-refractivity contribution < 1.29 is 8.68 Å². The van der Waals surface area contributed by atoms with Gasteiger partial charge in [-0.1, -0.05) is 49.7 Å². The van der Waals surface area contributed by atoms with Gasteiger partial charge in [0, 0.05) is 23.0 Å². The first kappa shape index (κ1) is 23.9. The van der Waals surface area contributed by atoms with Crippen LogP contribution in [0.5, 0.6) is 0 Å². The Labute approximate surface area is 203 Å². The number of hydrogen-bond acceptors (Lipinski definition) is 6. The third-order valence-electron chi connectivity index (χ3n) is 5.56. The fourth-order valence-electron chi connectivity index (χ4n) is 4.19. The number of halogens is 1. The molecule has 1 unspecified atom stereocenters. The molecule has 0 aliphatic carbocycles. The van der Waals surface area contributed by atoms with Gasteiger partial charge in [0.25, 0.3) is 0 Å². The molecule has 0 spiro atoms. The fraction of sp³-hybridized carbons (Fsp3) is 0.308. The van der Waals surface area contributed by atoms with E-state index in [0.29, 0.717) is 35.1 Å². The van der Waals surface area contributed by atoms with E-state index in [0.717, 1.165) is 34.5 Å². The molecule has 0 bridgehead atoms. The van der Waals surface area contributed by atoms with E-state index >= 15 is 0 Å². The summed E-state index contributed by atoms with van der Waals surface area (Å²) in [5.74, 6) is 1.92. The topological polar surface area (TPSA) is 72.7 Å². The Hall–Kier alpha value is -3.26. The summed E-state index contributed by atoms with van der Waals surface area (Å²) in [5, 5.41) is 3.49. The molecule has 34 heavy (non-hydrogen) atoms. The van der Waals surface area contributed by atoms with Crippen LogP contribution < -0.4 is 5.32 Å². The number of nitrogens with zero attached hydrogens (tertiary/aromatic N) is 4. The molecule has 0 aliphatic heterocycles. The minimum absolute atomic E-state index is 0.0940. The van der Waals surface area contributed by atoms with Crippen molar-refractivity contribution in [3.05, 3.63) is 65.5 Å². The van der Waals surface area contributed by atoms with Gasteiger partial charge >= 0.3 is 0 Å². The van der Waals surface area contributed by atoms with Crippen LogP contribution in [0.2, 0.25) is 0 Å². The van der Waals surface area contributed by atoms with Gasteiger partial charge < -0.3 is 9.88 Å². The molecule has 0 fully saturated rings. The average Bonchev–Trinajstić information content (AvgIpc) is 3.17. The Kier molecular flexibility index (Phi) is 7.26. The van der Waals surface area contributed by atoms with Crippen LogP contribution in [0.25, 0.3) is 22.6 Å². The van der Waals surface area contributed by atoms with Crippen LogP contribution in [0.1, 0.15) is 48.9 Å². The van der Waals surface area contributed by atoms with E-state index in [1.165, 1.54) is 0 Å². The number of carbonyl (C=O) groups excluding carboxylic acids is 1. The number of rotatable bonds is 9. The van der Waals surface area contributed by atoms with Crippen LogP contribution >= 0.6 is 12.1 Å². The van der Waals surface area contributed by atoms with E-state index in [4.69, 9.17) is 4.98 Å². The van der Waals surface area contributed by atoms with Crippen LogP contribution in [0.4, 0.5) is 9.70 Å². The van der Waals surface area contributed by atoms with E-state index in [9.17, 15) is 8.68 Å². The maximum Gasteiger partial charge on any atom is 0.196 e. The van der Waals surface area contributed by atoms with Crippen molar-refractivity contribution in [1.82, 2.24) is 19.5 Å². The van der Waals surface area contributed by atoms with E-state index < -0.39 is 0 Å². The third kappa shape index (κ3) is 5.28. The summed E-state index contributed by atoms with van der Waals surface area (Å²) in [5.41, 5.74) is 4.25. The standard InChI is InChI=1S/C26H28FN5OS/c1-16(2)12-18(4)28-24-23-25(30-22(15-33)29-24)31-26(20-7-5-6-17(3)13-20)32(23)14-19-8-10-21(34-27)11-9-19/h5-11,13,15-16,18H,12,14H2,1-4H3,(H,28,29,30). The summed E-state index contributed by atoms with van der Waals surface area (Å²) >= 11 is 0.226. The van der Waals surface area contributed by atoms with E-state index in [1.807, 2.05) is 37.3 Å². The summed E-state index contributed by atoms with van der Waals surface area (Å²) in [4.78, 5) is 25.9. The van der Waals surface area contributed by atoms with E-state index in [-0.39, 0.29) is 24.0 Å². The number of nitrogens with one attached hydrogen (secondary N) is 1. The summed E-state index contributed by atoms with van der Waals surface area (Å²) < 4.78 is 15.0. The lowest BCUT2D eigenvalue weighted by atomic mass is 10.1. The maximum absolute atomic E-state index is 13.0. The number of benzene rings is 2. The maximum atomic E-state index is 13.0. The molecule has 4 rings (SSSR count). The molecule has 0 aliphatic rings. The molecular formula is C26H28FN5OS. The molecule has 2 aromatic carbocycles. The third-order valence-corrected chi connectivity index (χ3v) is 6.01. The first-order valence-corrected chi connectivity index (χ1v) is 12.0. The number of imidazole rings is 1. The predicted octanol–water partition coefficient (Wildman–Crippen LogP) is 6.49. The SMILES string of the molecule is Cc1cccc(-c2nc3nc(C=O)nc(NC(C)CC(C)C)c3n2Cc2ccc(SF)cc2)c1. The first-order valence-electron chi connectivity index (χ1n) is 11.3. The minimum atomic E-state index is 0.0940. The van der Waals surface area contributed by atoms with Gasteiger partial charge in [0.1, 0.15) is 11.3 Å². The largest absolute Gasteiger partial charge is 0.366 e. The highest BCUT2D eigenvalue weighted by Crippen LogP contribution is 2.30. The number of carbonyl (C=O) groups is 1. The lowest BCUT2D eigenvalue weighted by molar-refractivity contribution is 0.111. The van der Waals surface area contributed by atoms with Gasteiger partial charge in [-0.3, -0.25) is 4.79 Å². The quantitative estimate of drug-likeness (QED) is 0.278. The van der Waals surface area contributed by atoms with E-state index in [2.05, 4.69) is 46.7 Å². The molecule has 8 heteroatoms. The Morgan fingerprint density at radius 1 is 1.09 bits per heavy atom. The lowest BCUT2D eigenvalue weighted by Gasteiger charge is -2.18. The Morgan fingerprint density at radius 2 is 1.85 bits per heavy atom. The van der Waals surface area contributed by atoms with Crippen molar-refractivity contribution in [3.63, 3.8) is 0 Å². The highest BCUT2D eigenvalue weighted by atomic mass is 32.2. The van der Waals surface area contributed by atoms with Crippen molar-refractivity contribution in [2.75, 3.05) is 5.32 Å². The van der Waals surface area contributed by atoms with Crippen LogP contribution in [0, 0.1) is 12.8 Å². The molecule has 2 heterocycles. The number of aromatic nitrogens is 4. The van der Waals surface area contributed by atoms with Gasteiger partial charge in [0.05, 0.1) is 12.1 Å². The van der Waals surface area contributed by atoms with Crippen molar-refractivity contribution >= 4 is 35.4 Å². The molecule has 0 amide bonds. The van der Waals surface area contributed by atoms with Crippen LogP contribution in [0.3, 0.4) is 0 Å². The smallest absolute Gasteiger partial charge is 0.196 e. The monoisotopic (exact) mass is 477 g/mol. The molecule has 1 atom stereocenters. The molecule has 4 aromatic rings. The van der Waals surface area contributed by atoms with Crippen molar-refractivity contribution in [2.24, 2.45) is 5.92 Å². The average molecular weight is 478 g/mol. The number of aldehydes is 1. The highest BCUT2D eigenvalue weighted by molar-refractivity contribution is 7.94. The Morgan fingerprint density at radius 3 is 2.50 bits per heavy atom. The fourth-order valence-corrected chi connectivity index (χ4v) is 4.43. The van der Waals surface area contributed by atoms with Gasteiger partial charge in [-0.25, -0.2) is 15.0 Å². The molecule has 0 radical (unpaired) electrons. The second-order valence-electron chi connectivity index (χ2n) is 9.01. The lowest BCUT2D eigenvalue weighted by Crippen LogP contribution is -2.20. The molecule has 176 valence electrons. The summed E-state index contributed by atoms with van der Waals surface area (Å²) in [6.07, 6.45) is 1.60. The van der Waals surface area contributed by atoms with Crippen LogP contribution in [-0.4, -0.2) is 31.8 Å². The Bertz CT molecular complexity index is 1300. The second kappa shape index (κ2) is 10.3.